The van der Waals surface area contributed by atoms with Gasteiger partial charge >= 0.3 is 6.18 Å². The quantitative estimate of drug-likeness (QED) is 0.792. The largest absolute Gasteiger partial charge is 0.416 e. The van der Waals surface area contributed by atoms with Crippen molar-refractivity contribution in [3.05, 3.63) is 45.8 Å². The molecule has 8 heteroatoms. The lowest BCUT2D eigenvalue weighted by atomic mass is 10.2. The van der Waals surface area contributed by atoms with Crippen molar-refractivity contribution in [3.8, 4) is 0 Å². The number of aryl methyl sites for hydroxylation is 1. The first-order chi connectivity index (χ1) is 9.79. The highest BCUT2D eigenvalue weighted by molar-refractivity contribution is 6.33. The summed E-state index contributed by atoms with van der Waals surface area (Å²) in [7, 11) is 0. The fraction of sp³-hybridized carbons (Fsp3) is 0.231. The molecule has 1 heterocycles. The van der Waals surface area contributed by atoms with Crippen molar-refractivity contribution in [2.75, 3.05) is 5.32 Å². The minimum atomic E-state index is -4.45. The van der Waals surface area contributed by atoms with Crippen molar-refractivity contribution in [3.63, 3.8) is 0 Å². The van der Waals surface area contributed by atoms with E-state index in [0.717, 1.165) is 12.1 Å². The van der Waals surface area contributed by atoms with E-state index in [2.05, 4.69) is 15.3 Å². The third-order valence-corrected chi connectivity index (χ3v) is 3.14. The van der Waals surface area contributed by atoms with E-state index >= 15 is 0 Å². The summed E-state index contributed by atoms with van der Waals surface area (Å²) >= 11 is 11.7. The van der Waals surface area contributed by atoms with Crippen LogP contribution in [0.15, 0.2) is 24.3 Å². The van der Waals surface area contributed by atoms with Gasteiger partial charge in [0.25, 0.3) is 0 Å². The first-order valence-electron chi connectivity index (χ1n) is 5.97. The van der Waals surface area contributed by atoms with E-state index in [1.165, 1.54) is 12.1 Å². The molecular weight excluding hydrogens is 326 g/mol. The number of anilines is 2. The number of nitrogens with zero attached hydrogens (tertiary/aromatic N) is 2. The van der Waals surface area contributed by atoms with E-state index in [9.17, 15) is 13.2 Å². The SMILES string of the molecule is CCc1nc(Cl)cc(Nc2cc(C(F)(F)F)ccc2Cl)n1. The first-order valence-corrected chi connectivity index (χ1v) is 6.72. The lowest BCUT2D eigenvalue weighted by Gasteiger charge is -2.12. The summed E-state index contributed by atoms with van der Waals surface area (Å²) in [6, 6.07) is 4.43. The lowest BCUT2D eigenvalue weighted by Crippen LogP contribution is -2.06. The summed E-state index contributed by atoms with van der Waals surface area (Å²) in [6.45, 7) is 1.84. The van der Waals surface area contributed by atoms with Gasteiger partial charge in [0.2, 0.25) is 0 Å². The zero-order valence-electron chi connectivity index (χ0n) is 10.8. The molecule has 0 bridgehead atoms. The zero-order chi connectivity index (χ0) is 15.6. The van der Waals surface area contributed by atoms with E-state index in [4.69, 9.17) is 23.2 Å². The average molecular weight is 336 g/mol. The molecule has 1 N–H and O–H groups in total. The fourth-order valence-corrected chi connectivity index (χ4v) is 1.99. The van der Waals surface area contributed by atoms with Gasteiger partial charge in [-0.15, -0.1) is 0 Å². The highest BCUT2D eigenvalue weighted by atomic mass is 35.5. The molecule has 3 nitrogen and oxygen atoms in total. The molecule has 2 aromatic rings. The highest BCUT2D eigenvalue weighted by Gasteiger charge is 2.31. The molecule has 2 rings (SSSR count). The molecule has 21 heavy (non-hydrogen) atoms. The normalized spacial score (nSPS) is 11.5. The van der Waals surface area contributed by atoms with Crippen LogP contribution in [0, 0.1) is 0 Å². The third-order valence-electron chi connectivity index (χ3n) is 2.61. The molecule has 1 aromatic heterocycles. The van der Waals surface area contributed by atoms with Gasteiger partial charge in [-0.3, -0.25) is 0 Å². The summed E-state index contributed by atoms with van der Waals surface area (Å²) in [5.41, 5.74) is -0.700. The van der Waals surface area contributed by atoms with Crippen LogP contribution in [0.5, 0.6) is 0 Å². The van der Waals surface area contributed by atoms with Crippen molar-refractivity contribution >= 4 is 34.7 Å². The Labute approximate surface area is 129 Å². The number of nitrogens with one attached hydrogen (secondary N) is 1. The molecule has 0 aliphatic heterocycles. The van der Waals surface area contributed by atoms with Crippen LogP contribution in [-0.4, -0.2) is 9.97 Å². The van der Waals surface area contributed by atoms with Crippen molar-refractivity contribution in [1.82, 2.24) is 9.97 Å². The van der Waals surface area contributed by atoms with Crippen LogP contribution >= 0.6 is 23.2 Å². The molecule has 0 fully saturated rings. The molecule has 0 aliphatic carbocycles. The number of rotatable bonds is 3. The van der Waals surface area contributed by atoms with Crippen LogP contribution in [0.25, 0.3) is 0 Å². The van der Waals surface area contributed by atoms with Gasteiger partial charge in [0, 0.05) is 12.5 Å². The molecule has 0 radical (unpaired) electrons. The third kappa shape index (κ3) is 3.98. The minimum Gasteiger partial charge on any atom is -0.339 e. The number of benzene rings is 1. The first kappa shape index (κ1) is 15.9. The van der Waals surface area contributed by atoms with E-state index in [1.54, 1.807) is 0 Å². The van der Waals surface area contributed by atoms with Gasteiger partial charge in [-0.2, -0.15) is 13.2 Å². The summed E-state index contributed by atoms with van der Waals surface area (Å²) in [5.74, 6) is 0.765. The highest BCUT2D eigenvalue weighted by Crippen LogP contribution is 2.34. The Hall–Kier alpha value is -1.53. The monoisotopic (exact) mass is 335 g/mol. The maximum Gasteiger partial charge on any atom is 0.416 e. The van der Waals surface area contributed by atoms with Crippen LogP contribution < -0.4 is 5.32 Å². The van der Waals surface area contributed by atoms with Gasteiger partial charge in [0.1, 0.15) is 16.8 Å². The van der Waals surface area contributed by atoms with Gasteiger partial charge in [0.05, 0.1) is 16.3 Å². The molecular formula is C13H10Cl2F3N3. The molecule has 0 saturated heterocycles. The Kier molecular flexibility index (Phi) is 4.58. The second-order valence-electron chi connectivity index (χ2n) is 4.16. The van der Waals surface area contributed by atoms with E-state index in [-0.39, 0.29) is 21.7 Å². The zero-order valence-corrected chi connectivity index (χ0v) is 12.3. The van der Waals surface area contributed by atoms with Gasteiger partial charge in [-0.05, 0) is 18.2 Å². The van der Waals surface area contributed by atoms with Gasteiger partial charge in [-0.25, -0.2) is 9.97 Å². The molecule has 0 unspecified atom stereocenters. The van der Waals surface area contributed by atoms with Crippen molar-refractivity contribution in [1.29, 1.82) is 0 Å². The van der Waals surface area contributed by atoms with Crippen molar-refractivity contribution in [2.24, 2.45) is 0 Å². The molecule has 0 spiro atoms. The standard InChI is InChI=1S/C13H10Cl2F3N3/c1-2-11-20-10(15)6-12(21-11)19-9-5-7(13(16,17)18)3-4-8(9)14/h3-6H,2H2,1H3,(H,19,20,21). The molecule has 0 saturated carbocycles. The van der Waals surface area contributed by atoms with E-state index < -0.39 is 11.7 Å². The van der Waals surface area contributed by atoms with Crippen LogP contribution in [0.2, 0.25) is 10.2 Å². The molecule has 0 amide bonds. The van der Waals surface area contributed by atoms with Crippen LogP contribution in [0.1, 0.15) is 18.3 Å². The van der Waals surface area contributed by atoms with E-state index in [1.807, 2.05) is 6.92 Å². The Balaban J connectivity index is 2.37. The Morgan fingerprint density at radius 1 is 1.14 bits per heavy atom. The number of hydrogen-bond acceptors (Lipinski definition) is 3. The smallest absolute Gasteiger partial charge is 0.339 e. The van der Waals surface area contributed by atoms with Crippen molar-refractivity contribution < 1.29 is 13.2 Å². The number of alkyl halides is 3. The molecule has 112 valence electrons. The van der Waals surface area contributed by atoms with Gasteiger partial charge in [-0.1, -0.05) is 30.1 Å². The Bertz CT molecular complexity index is 660. The minimum absolute atomic E-state index is 0.100. The molecule has 1 aromatic carbocycles. The van der Waals surface area contributed by atoms with Crippen LogP contribution in [0.3, 0.4) is 0 Å². The number of hydrogen-bond donors (Lipinski definition) is 1. The molecule has 0 aliphatic rings. The Morgan fingerprint density at radius 2 is 1.86 bits per heavy atom. The van der Waals surface area contributed by atoms with Gasteiger partial charge in [0.15, 0.2) is 0 Å². The maximum atomic E-state index is 12.7. The fourth-order valence-electron chi connectivity index (χ4n) is 1.62. The van der Waals surface area contributed by atoms with Crippen molar-refractivity contribution in [2.45, 2.75) is 19.5 Å². The maximum absolute atomic E-state index is 12.7. The second-order valence-corrected chi connectivity index (χ2v) is 4.96. The summed E-state index contributed by atoms with van der Waals surface area (Å²) in [4.78, 5) is 8.11. The van der Waals surface area contributed by atoms with Gasteiger partial charge < -0.3 is 5.32 Å². The Morgan fingerprint density at radius 3 is 2.48 bits per heavy atom. The lowest BCUT2D eigenvalue weighted by molar-refractivity contribution is -0.137. The second kappa shape index (κ2) is 6.07. The predicted octanol–water partition coefficient (Wildman–Crippen LogP) is 5.11. The molecule has 0 atom stereocenters. The summed E-state index contributed by atoms with van der Waals surface area (Å²) in [5, 5.41) is 3.08. The number of aromatic nitrogens is 2. The topological polar surface area (TPSA) is 37.8 Å². The van der Waals surface area contributed by atoms with Crippen LogP contribution in [-0.2, 0) is 12.6 Å². The summed E-state index contributed by atoms with van der Waals surface area (Å²) < 4.78 is 38.1. The average Bonchev–Trinajstić information content (AvgIpc) is 2.39. The number of halogens is 5. The predicted molar refractivity (Wildman–Crippen MR) is 76.2 cm³/mol. The van der Waals surface area contributed by atoms with Crippen LogP contribution in [0.4, 0.5) is 24.7 Å². The van der Waals surface area contributed by atoms with E-state index in [0.29, 0.717) is 12.2 Å². The summed E-state index contributed by atoms with van der Waals surface area (Å²) in [6.07, 6.45) is -3.90.